The maximum absolute atomic E-state index is 12.1. The van der Waals surface area contributed by atoms with Gasteiger partial charge in [-0.05, 0) is 32.4 Å². The molecule has 0 aliphatic heterocycles. The van der Waals surface area contributed by atoms with E-state index in [1.807, 2.05) is 0 Å². The van der Waals surface area contributed by atoms with E-state index in [2.05, 4.69) is 5.32 Å². The van der Waals surface area contributed by atoms with Crippen LogP contribution >= 0.6 is 0 Å². The van der Waals surface area contributed by atoms with Crippen molar-refractivity contribution in [2.24, 2.45) is 11.1 Å². The fourth-order valence-corrected chi connectivity index (χ4v) is 1.62. The number of carbonyl (C=O) groups excluding carboxylic acids is 2. The minimum Gasteiger partial charge on any atom is -0.483 e. The van der Waals surface area contributed by atoms with Crippen molar-refractivity contribution in [1.82, 2.24) is 5.32 Å². The van der Waals surface area contributed by atoms with Gasteiger partial charge in [-0.1, -0.05) is 12.1 Å². The molecule has 0 radical (unpaired) electrons. The Labute approximate surface area is 128 Å². The summed E-state index contributed by atoms with van der Waals surface area (Å²) in [4.78, 5) is 33.8. The second-order valence-corrected chi connectivity index (χ2v) is 5.45. The van der Waals surface area contributed by atoms with E-state index >= 15 is 0 Å². The summed E-state index contributed by atoms with van der Waals surface area (Å²) in [6.07, 6.45) is 0.290. The van der Waals surface area contributed by atoms with Gasteiger partial charge in [0.25, 0.3) is 11.8 Å². The van der Waals surface area contributed by atoms with Gasteiger partial charge in [0.05, 0.1) is 11.0 Å². The Bertz CT molecular complexity index is 569. The number of carboxylic acid groups (broad SMARTS) is 1. The number of rotatable bonds is 8. The number of carboxylic acids is 1. The van der Waals surface area contributed by atoms with Crippen LogP contribution < -0.4 is 15.8 Å². The molecule has 0 aromatic heterocycles. The van der Waals surface area contributed by atoms with E-state index < -0.39 is 23.2 Å². The van der Waals surface area contributed by atoms with Crippen LogP contribution in [0.25, 0.3) is 0 Å². The number of hydrogen-bond acceptors (Lipinski definition) is 4. The maximum Gasteiger partial charge on any atom is 0.309 e. The van der Waals surface area contributed by atoms with E-state index in [-0.39, 0.29) is 24.5 Å². The number of hydrogen-bond donors (Lipinski definition) is 3. The van der Waals surface area contributed by atoms with Gasteiger partial charge in [-0.15, -0.1) is 0 Å². The van der Waals surface area contributed by atoms with Crippen molar-refractivity contribution in [1.29, 1.82) is 0 Å². The molecule has 0 bridgehead atoms. The van der Waals surface area contributed by atoms with E-state index in [1.54, 1.807) is 38.1 Å². The van der Waals surface area contributed by atoms with Crippen molar-refractivity contribution in [2.75, 3.05) is 13.2 Å². The van der Waals surface area contributed by atoms with Crippen LogP contribution in [0.3, 0.4) is 0 Å². The third kappa shape index (κ3) is 5.08. The predicted octanol–water partition coefficient (Wildman–Crippen LogP) is 0.781. The molecule has 0 unspecified atom stereocenters. The van der Waals surface area contributed by atoms with Gasteiger partial charge < -0.3 is 20.9 Å². The summed E-state index contributed by atoms with van der Waals surface area (Å²) in [6, 6.07) is 6.43. The fourth-order valence-electron chi connectivity index (χ4n) is 1.62. The highest BCUT2D eigenvalue weighted by Gasteiger charge is 2.26. The van der Waals surface area contributed by atoms with Crippen LogP contribution in [-0.4, -0.2) is 36.0 Å². The highest BCUT2D eigenvalue weighted by Crippen LogP contribution is 2.20. The van der Waals surface area contributed by atoms with Gasteiger partial charge in [0, 0.05) is 6.54 Å². The first kappa shape index (κ1) is 17.5. The van der Waals surface area contributed by atoms with E-state index in [9.17, 15) is 14.4 Å². The minimum atomic E-state index is -0.924. The van der Waals surface area contributed by atoms with Crippen molar-refractivity contribution in [2.45, 2.75) is 20.3 Å². The van der Waals surface area contributed by atoms with Crippen molar-refractivity contribution >= 4 is 17.8 Å². The smallest absolute Gasteiger partial charge is 0.309 e. The van der Waals surface area contributed by atoms with Crippen molar-refractivity contribution in [3.63, 3.8) is 0 Å². The zero-order valence-corrected chi connectivity index (χ0v) is 12.6. The number of benzene rings is 1. The van der Waals surface area contributed by atoms with Gasteiger partial charge >= 0.3 is 5.97 Å². The first-order chi connectivity index (χ1) is 10.2. The number of aliphatic carboxylic acids is 1. The van der Waals surface area contributed by atoms with Gasteiger partial charge in [0.2, 0.25) is 0 Å². The monoisotopic (exact) mass is 308 g/mol. The molecule has 7 heteroatoms. The third-order valence-electron chi connectivity index (χ3n) is 3.12. The Kier molecular flexibility index (Phi) is 5.91. The Balaban J connectivity index is 2.66. The Morgan fingerprint density at radius 1 is 1.27 bits per heavy atom. The number of primary amides is 1. The summed E-state index contributed by atoms with van der Waals surface area (Å²) in [5.41, 5.74) is 4.34. The molecule has 120 valence electrons. The lowest BCUT2D eigenvalue weighted by Crippen LogP contribution is -2.32. The number of nitrogens with one attached hydrogen (secondary N) is 1. The summed E-state index contributed by atoms with van der Waals surface area (Å²) >= 11 is 0. The molecular formula is C15H20N2O5. The molecule has 0 spiro atoms. The molecule has 0 aliphatic carbocycles. The summed E-state index contributed by atoms with van der Waals surface area (Å²) in [5.74, 6) is -1.72. The largest absolute Gasteiger partial charge is 0.483 e. The normalized spacial score (nSPS) is 10.8. The van der Waals surface area contributed by atoms with Crippen LogP contribution in [0.1, 0.15) is 30.6 Å². The van der Waals surface area contributed by atoms with Crippen LogP contribution in [-0.2, 0) is 9.59 Å². The quantitative estimate of drug-likeness (QED) is 0.655. The molecule has 0 atom stereocenters. The molecule has 1 rings (SSSR count). The summed E-state index contributed by atoms with van der Waals surface area (Å²) in [7, 11) is 0. The maximum atomic E-state index is 12.1. The summed E-state index contributed by atoms with van der Waals surface area (Å²) < 4.78 is 5.18. The predicted molar refractivity (Wildman–Crippen MR) is 79.5 cm³/mol. The van der Waals surface area contributed by atoms with Crippen molar-refractivity contribution in [3.05, 3.63) is 29.8 Å². The Morgan fingerprint density at radius 2 is 1.91 bits per heavy atom. The number of ether oxygens (including phenoxy) is 1. The minimum absolute atomic E-state index is 0.211. The lowest BCUT2D eigenvalue weighted by molar-refractivity contribution is -0.147. The molecule has 1 aromatic carbocycles. The van der Waals surface area contributed by atoms with Crippen LogP contribution in [0.2, 0.25) is 0 Å². The molecule has 7 nitrogen and oxygen atoms in total. The highest BCUT2D eigenvalue weighted by molar-refractivity contribution is 5.97. The van der Waals surface area contributed by atoms with Gasteiger partial charge in [-0.2, -0.15) is 0 Å². The lowest BCUT2D eigenvalue weighted by Gasteiger charge is -2.19. The zero-order valence-electron chi connectivity index (χ0n) is 12.6. The molecule has 0 saturated carbocycles. The second kappa shape index (κ2) is 7.44. The van der Waals surface area contributed by atoms with E-state index in [0.29, 0.717) is 6.42 Å². The topological polar surface area (TPSA) is 119 Å². The number of amides is 2. The fraction of sp³-hybridized carbons (Fsp3) is 0.400. The second-order valence-electron chi connectivity index (χ2n) is 5.45. The Hall–Kier alpha value is -2.57. The first-order valence-electron chi connectivity index (χ1n) is 6.76. The molecule has 0 saturated heterocycles. The molecule has 0 fully saturated rings. The molecule has 22 heavy (non-hydrogen) atoms. The molecule has 2 amide bonds. The molecule has 0 heterocycles. The van der Waals surface area contributed by atoms with E-state index in [0.717, 1.165) is 0 Å². The average Bonchev–Trinajstić information content (AvgIpc) is 2.44. The SMILES string of the molecule is CC(C)(CCNC(=O)c1ccccc1OCC(N)=O)C(=O)O. The molecule has 1 aromatic rings. The van der Waals surface area contributed by atoms with Gasteiger partial charge in [0.1, 0.15) is 5.75 Å². The zero-order chi connectivity index (χ0) is 16.8. The lowest BCUT2D eigenvalue weighted by atomic mass is 9.90. The standard InChI is InChI=1S/C15H20N2O5/c1-15(2,14(20)21)7-8-17-13(19)10-5-3-4-6-11(10)22-9-12(16)18/h3-6H,7-9H2,1-2H3,(H2,16,18)(H,17,19)(H,20,21). The number of para-hydroxylation sites is 1. The number of nitrogens with two attached hydrogens (primary N) is 1. The van der Waals surface area contributed by atoms with Gasteiger partial charge in [0.15, 0.2) is 6.61 Å². The van der Waals surface area contributed by atoms with Gasteiger partial charge in [-0.3, -0.25) is 14.4 Å². The first-order valence-corrected chi connectivity index (χ1v) is 6.76. The van der Waals surface area contributed by atoms with Crippen LogP contribution in [0.4, 0.5) is 0 Å². The average molecular weight is 308 g/mol. The number of carbonyl (C=O) groups is 3. The molecule has 0 aliphatic rings. The molecule has 4 N–H and O–H groups in total. The van der Waals surface area contributed by atoms with Crippen LogP contribution in [0.5, 0.6) is 5.75 Å². The van der Waals surface area contributed by atoms with Crippen LogP contribution in [0, 0.1) is 5.41 Å². The Morgan fingerprint density at radius 3 is 2.50 bits per heavy atom. The van der Waals surface area contributed by atoms with Crippen molar-refractivity contribution in [3.8, 4) is 5.75 Å². The third-order valence-corrected chi connectivity index (χ3v) is 3.12. The van der Waals surface area contributed by atoms with Crippen LogP contribution in [0.15, 0.2) is 24.3 Å². The van der Waals surface area contributed by atoms with E-state index in [4.69, 9.17) is 15.6 Å². The summed E-state index contributed by atoms with van der Waals surface area (Å²) in [6.45, 7) is 3.06. The highest BCUT2D eigenvalue weighted by atomic mass is 16.5. The van der Waals surface area contributed by atoms with Crippen molar-refractivity contribution < 1.29 is 24.2 Å². The van der Waals surface area contributed by atoms with E-state index in [1.165, 1.54) is 0 Å². The van der Waals surface area contributed by atoms with Gasteiger partial charge in [-0.25, -0.2) is 0 Å². The molecular weight excluding hydrogens is 288 g/mol. The summed E-state index contributed by atoms with van der Waals surface area (Å²) in [5, 5.41) is 11.7.